The van der Waals surface area contributed by atoms with Crippen LogP contribution in [-0.4, -0.2) is 23.8 Å². The number of hydrogen-bond donors (Lipinski definition) is 1. The minimum Gasteiger partial charge on any atom is -0.402 e. The van der Waals surface area contributed by atoms with Crippen LogP contribution in [0.4, 0.5) is 0 Å². The van der Waals surface area contributed by atoms with Gasteiger partial charge in [-0.25, -0.2) is 0 Å². The van der Waals surface area contributed by atoms with Crippen molar-refractivity contribution in [2.45, 2.75) is 13.8 Å². The van der Waals surface area contributed by atoms with Crippen LogP contribution in [0.25, 0.3) is 0 Å². The molecule has 0 aromatic carbocycles. The lowest BCUT2D eigenvalue weighted by Gasteiger charge is -2.09. The van der Waals surface area contributed by atoms with Crippen molar-refractivity contribution in [1.82, 2.24) is 4.90 Å². The number of nitrogens with zero attached hydrogens (tertiary/aromatic N) is 1. The lowest BCUT2D eigenvalue weighted by atomic mass is 10.4. The molecule has 0 radical (unpaired) electrons. The Morgan fingerprint density at radius 3 is 2.09 bits per heavy atom. The predicted octanol–water partition coefficient (Wildman–Crippen LogP) is -0.146. The molecule has 0 aromatic heterocycles. The highest BCUT2D eigenvalue weighted by Crippen LogP contribution is 1.89. The Morgan fingerprint density at radius 2 is 1.82 bits per heavy atom. The molecule has 0 rings (SSSR count). The molecule has 0 unspecified atom stereocenters. The van der Waals surface area contributed by atoms with Crippen molar-refractivity contribution in [3.05, 3.63) is 11.8 Å². The van der Waals surface area contributed by atoms with Crippen molar-refractivity contribution in [1.29, 1.82) is 0 Å². The van der Waals surface area contributed by atoms with Crippen molar-refractivity contribution in [2.24, 2.45) is 5.73 Å². The van der Waals surface area contributed by atoms with Crippen LogP contribution in [0.15, 0.2) is 11.8 Å². The number of allylic oxidation sites excluding steroid dienone is 1. The van der Waals surface area contributed by atoms with E-state index in [9.17, 15) is 9.59 Å². The smallest absolute Gasteiger partial charge is 0.254 e. The number of rotatable bonds is 1. The van der Waals surface area contributed by atoms with E-state index >= 15 is 0 Å². The molecular weight excluding hydrogens is 144 g/mol. The third-order valence-corrected chi connectivity index (χ3v) is 1.15. The maximum Gasteiger partial charge on any atom is 0.254 e. The third-order valence-electron chi connectivity index (χ3n) is 1.15. The molecule has 4 nitrogen and oxygen atoms in total. The second-order valence-electron chi connectivity index (χ2n) is 2.30. The van der Waals surface area contributed by atoms with E-state index in [1.807, 2.05) is 0 Å². The van der Waals surface area contributed by atoms with Crippen molar-refractivity contribution in [2.75, 3.05) is 7.05 Å². The van der Waals surface area contributed by atoms with Crippen LogP contribution >= 0.6 is 0 Å². The van der Waals surface area contributed by atoms with Crippen LogP contribution in [-0.2, 0) is 9.59 Å². The van der Waals surface area contributed by atoms with Crippen molar-refractivity contribution < 1.29 is 9.59 Å². The lowest BCUT2D eigenvalue weighted by Crippen LogP contribution is -2.29. The quantitative estimate of drug-likeness (QED) is 0.537. The molecule has 0 saturated heterocycles. The van der Waals surface area contributed by atoms with Gasteiger partial charge in [0.15, 0.2) is 0 Å². The normalized spacial score (nSPS) is 11.0. The Morgan fingerprint density at radius 1 is 1.36 bits per heavy atom. The first kappa shape index (κ1) is 9.68. The highest BCUT2D eigenvalue weighted by atomic mass is 16.2. The van der Waals surface area contributed by atoms with E-state index in [1.165, 1.54) is 20.0 Å². The van der Waals surface area contributed by atoms with Crippen molar-refractivity contribution in [3.63, 3.8) is 0 Å². The summed E-state index contributed by atoms with van der Waals surface area (Å²) >= 11 is 0. The summed E-state index contributed by atoms with van der Waals surface area (Å²) in [6.45, 7) is 2.91. The summed E-state index contributed by atoms with van der Waals surface area (Å²) in [6.07, 6.45) is 1.21. The molecule has 0 aliphatic heterocycles. The Kier molecular flexibility index (Phi) is 3.30. The molecule has 0 spiro atoms. The number of nitrogens with two attached hydrogens (primary N) is 1. The van der Waals surface area contributed by atoms with E-state index in [-0.39, 0.29) is 5.91 Å². The Labute approximate surface area is 65.7 Å². The van der Waals surface area contributed by atoms with Crippen LogP contribution in [0.1, 0.15) is 13.8 Å². The van der Waals surface area contributed by atoms with Gasteiger partial charge in [0, 0.05) is 25.7 Å². The summed E-state index contributed by atoms with van der Waals surface area (Å²) < 4.78 is 0. The highest BCUT2D eigenvalue weighted by molar-refractivity contribution is 6.00. The number of hydrogen-bond acceptors (Lipinski definition) is 3. The second kappa shape index (κ2) is 3.75. The zero-order chi connectivity index (χ0) is 9.02. The summed E-state index contributed by atoms with van der Waals surface area (Å²) in [7, 11) is 1.41. The zero-order valence-corrected chi connectivity index (χ0v) is 6.92. The lowest BCUT2D eigenvalue weighted by molar-refractivity contribution is -0.138. The number of imide groups is 1. The summed E-state index contributed by atoms with van der Waals surface area (Å²) in [4.78, 5) is 22.5. The average Bonchev–Trinajstić information content (AvgIpc) is 1.84. The van der Waals surface area contributed by atoms with Gasteiger partial charge in [0.05, 0.1) is 0 Å². The molecule has 0 atom stereocenters. The Bertz CT molecular complexity index is 204. The fraction of sp³-hybridized carbons (Fsp3) is 0.429. The third kappa shape index (κ3) is 3.40. The van der Waals surface area contributed by atoms with Crippen LogP contribution < -0.4 is 5.73 Å². The van der Waals surface area contributed by atoms with E-state index in [1.54, 1.807) is 6.92 Å². The number of amides is 2. The van der Waals surface area contributed by atoms with Gasteiger partial charge in [-0.3, -0.25) is 14.5 Å². The van der Waals surface area contributed by atoms with E-state index < -0.39 is 5.91 Å². The number of carbonyl (C=O) groups is 2. The summed E-state index contributed by atoms with van der Waals surface area (Å²) in [5, 5.41) is 0. The molecule has 0 fully saturated rings. The molecule has 62 valence electrons. The molecule has 0 bridgehead atoms. The minimum absolute atomic E-state index is 0.299. The fourth-order valence-corrected chi connectivity index (χ4v) is 0.447. The van der Waals surface area contributed by atoms with Crippen molar-refractivity contribution >= 4 is 11.8 Å². The predicted molar refractivity (Wildman–Crippen MR) is 41.4 cm³/mol. The van der Waals surface area contributed by atoms with Gasteiger partial charge in [-0.15, -0.1) is 0 Å². The maximum absolute atomic E-state index is 10.9. The Balaban J connectivity index is 4.27. The van der Waals surface area contributed by atoms with E-state index in [0.29, 0.717) is 5.70 Å². The first-order valence-electron chi connectivity index (χ1n) is 3.17. The standard InChI is InChI=1S/C7H12N2O2/c1-5(8)4-7(11)9(3)6(2)10/h4H,8H2,1-3H3/b5-4-. The summed E-state index contributed by atoms with van der Waals surface area (Å²) in [5.74, 6) is -0.690. The van der Waals surface area contributed by atoms with Crippen LogP contribution in [0, 0.1) is 0 Å². The maximum atomic E-state index is 10.9. The van der Waals surface area contributed by atoms with Gasteiger partial charge in [0.25, 0.3) is 5.91 Å². The molecule has 0 saturated carbocycles. The average molecular weight is 156 g/mol. The van der Waals surface area contributed by atoms with E-state index in [0.717, 1.165) is 4.90 Å². The van der Waals surface area contributed by atoms with E-state index in [2.05, 4.69) is 0 Å². The summed E-state index contributed by atoms with van der Waals surface area (Å²) in [6, 6.07) is 0. The molecule has 0 aromatic rings. The van der Waals surface area contributed by atoms with E-state index in [4.69, 9.17) is 5.73 Å². The topological polar surface area (TPSA) is 63.4 Å². The molecular formula is C7H12N2O2. The van der Waals surface area contributed by atoms with Gasteiger partial charge in [-0.1, -0.05) is 0 Å². The molecule has 4 heteroatoms. The van der Waals surface area contributed by atoms with Crippen LogP contribution in [0.3, 0.4) is 0 Å². The van der Waals surface area contributed by atoms with Gasteiger partial charge in [-0.05, 0) is 6.92 Å². The second-order valence-corrected chi connectivity index (χ2v) is 2.30. The van der Waals surface area contributed by atoms with Gasteiger partial charge in [-0.2, -0.15) is 0 Å². The molecule has 0 heterocycles. The fourth-order valence-electron chi connectivity index (χ4n) is 0.447. The van der Waals surface area contributed by atoms with Gasteiger partial charge < -0.3 is 5.73 Å². The molecule has 2 amide bonds. The molecule has 0 aliphatic carbocycles. The number of likely N-dealkylation sites (N-methyl/N-ethyl adjacent to an activating group) is 1. The minimum atomic E-state index is -0.391. The first-order chi connectivity index (χ1) is 4.95. The highest BCUT2D eigenvalue weighted by Gasteiger charge is 2.08. The first-order valence-corrected chi connectivity index (χ1v) is 3.17. The molecule has 0 aliphatic rings. The van der Waals surface area contributed by atoms with Gasteiger partial charge in [0.1, 0.15) is 0 Å². The van der Waals surface area contributed by atoms with Crippen molar-refractivity contribution in [3.8, 4) is 0 Å². The monoisotopic (exact) mass is 156 g/mol. The SMILES string of the molecule is CC(=O)N(C)C(=O)/C=C(/C)N. The Hall–Kier alpha value is -1.32. The molecule has 2 N–H and O–H groups in total. The van der Waals surface area contributed by atoms with Gasteiger partial charge >= 0.3 is 0 Å². The van der Waals surface area contributed by atoms with Gasteiger partial charge in [0.2, 0.25) is 5.91 Å². The van der Waals surface area contributed by atoms with Crippen LogP contribution in [0.2, 0.25) is 0 Å². The van der Waals surface area contributed by atoms with Crippen LogP contribution in [0.5, 0.6) is 0 Å². The number of carbonyl (C=O) groups excluding carboxylic acids is 2. The largest absolute Gasteiger partial charge is 0.402 e. The zero-order valence-electron chi connectivity index (χ0n) is 6.92. The molecule has 11 heavy (non-hydrogen) atoms. The summed E-state index contributed by atoms with van der Waals surface area (Å²) in [5.41, 5.74) is 5.63.